The van der Waals surface area contributed by atoms with Crippen LogP contribution in [0.25, 0.3) is 11.0 Å². The van der Waals surface area contributed by atoms with Crippen molar-refractivity contribution in [3.63, 3.8) is 0 Å². The van der Waals surface area contributed by atoms with Gasteiger partial charge in [0, 0.05) is 17.5 Å². The number of carbonyl (C=O) groups is 1. The molecular weight excluding hydrogens is 266 g/mol. The summed E-state index contributed by atoms with van der Waals surface area (Å²) in [5.41, 5.74) is 0.602. The third kappa shape index (κ3) is 3.10. The van der Waals surface area contributed by atoms with E-state index in [9.17, 15) is 9.90 Å². The Morgan fingerprint density at radius 1 is 1.43 bits per heavy atom. The zero-order valence-electron chi connectivity index (χ0n) is 13.1. The first-order valence-corrected chi connectivity index (χ1v) is 7.35. The number of benzene rings is 1. The molecule has 21 heavy (non-hydrogen) atoms. The highest BCUT2D eigenvalue weighted by Gasteiger charge is 2.28. The SMILES string of the molecule is CCC(C)C(C)(O)CNC(=O)c1oc2ccccc2c1C. The molecular formula is C17H23NO3. The molecule has 4 nitrogen and oxygen atoms in total. The number of nitrogens with one attached hydrogen (secondary N) is 1. The molecule has 114 valence electrons. The van der Waals surface area contributed by atoms with Crippen molar-refractivity contribution in [1.29, 1.82) is 0 Å². The Labute approximate surface area is 125 Å². The summed E-state index contributed by atoms with van der Waals surface area (Å²) in [4.78, 5) is 12.3. The summed E-state index contributed by atoms with van der Waals surface area (Å²) in [7, 11) is 0. The Bertz CT molecular complexity index is 643. The van der Waals surface area contributed by atoms with Crippen molar-refractivity contribution >= 4 is 16.9 Å². The second kappa shape index (κ2) is 5.90. The molecule has 2 N–H and O–H groups in total. The predicted molar refractivity (Wildman–Crippen MR) is 83.4 cm³/mol. The van der Waals surface area contributed by atoms with E-state index in [0.29, 0.717) is 11.3 Å². The van der Waals surface area contributed by atoms with Crippen LogP contribution in [0.4, 0.5) is 0 Å². The Morgan fingerprint density at radius 2 is 2.10 bits per heavy atom. The summed E-state index contributed by atoms with van der Waals surface area (Å²) >= 11 is 0. The van der Waals surface area contributed by atoms with Crippen LogP contribution < -0.4 is 5.32 Å². The second-order valence-corrected chi connectivity index (χ2v) is 5.90. The number of aryl methyl sites for hydroxylation is 1. The van der Waals surface area contributed by atoms with Gasteiger partial charge >= 0.3 is 0 Å². The number of aliphatic hydroxyl groups is 1. The van der Waals surface area contributed by atoms with Gasteiger partial charge in [0.25, 0.3) is 5.91 Å². The number of para-hydroxylation sites is 1. The molecule has 0 bridgehead atoms. The minimum Gasteiger partial charge on any atom is -0.451 e. The number of carbonyl (C=O) groups excluding carboxylic acids is 1. The number of furan rings is 1. The van der Waals surface area contributed by atoms with Gasteiger partial charge in [0.05, 0.1) is 5.60 Å². The molecule has 1 amide bonds. The quantitative estimate of drug-likeness (QED) is 0.888. The van der Waals surface area contributed by atoms with E-state index in [1.165, 1.54) is 0 Å². The maximum Gasteiger partial charge on any atom is 0.287 e. The van der Waals surface area contributed by atoms with Gasteiger partial charge in [-0.05, 0) is 25.8 Å². The first-order chi connectivity index (χ1) is 9.86. The maximum atomic E-state index is 12.3. The van der Waals surface area contributed by atoms with Crippen LogP contribution in [0.1, 0.15) is 43.3 Å². The third-order valence-electron chi connectivity index (χ3n) is 4.33. The van der Waals surface area contributed by atoms with Crippen molar-refractivity contribution in [3.8, 4) is 0 Å². The lowest BCUT2D eigenvalue weighted by atomic mass is 9.88. The molecule has 1 aromatic heterocycles. The fourth-order valence-electron chi connectivity index (χ4n) is 2.34. The molecule has 1 heterocycles. The molecule has 0 radical (unpaired) electrons. The van der Waals surface area contributed by atoms with Crippen molar-refractivity contribution in [1.82, 2.24) is 5.32 Å². The molecule has 0 saturated carbocycles. The number of fused-ring (bicyclic) bond motifs is 1. The summed E-state index contributed by atoms with van der Waals surface area (Å²) in [5, 5.41) is 14.1. The molecule has 0 fully saturated rings. The van der Waals surface area contributed by atoms with E-state index in [2.05, 4.69) is 5.32 Å². The lowest BCUT2D eigenvalue weighted by molar-refractivity contribution is 0.00570. The fourth-order valence-corrected chi connectivity index (χ4v) is 2.34. The normalized spacial score (nSPS) is 15.7. The number of hydrogen-bond donors (Lipinski definition) is 2. The number of amides is 1. The van der Waals surface area contributed by atoms with Crippen LogP contribution in [0.5, 0.6) is 0 Å². The lowest BCUT2D eigenvalue weighted by Crippen LogP contribution is -2.45. The first-order valence-electron chi connectivity index (χ1n) is 7.35. The Kier molecular flexibility index (Phi) is 4.37. The van der Waals surface area contributed by atoms with Crippen molar-refractivity contribution in [2.24, 2.45) is 5.92 Å². The predicted octanol–water partition coefficient (Wildman–Crippen LogP) is 3.27. The van der Waals surface area contributed by atoms with Crippen molar-refractivity contribution < 1.29 is 14.3 Å². The van der Waals surface area contributed by atoms with E-state index in [4.69, 9.17) is 4.42 Å². The van der Waals surface area contributed by atoms with E-state index in [1.54, 1.807) is 6.92 Å². The van der Waals surface area contributed by atoms with E-state index < -0.39 is 5.60 Å². The average molecular weight is 289 g/mol. The van der Waals surface area contributed by atoms with Crippen LogP contribution >= 0.6 is 0 Å². The molecule has 0 spiro atoms. The topological polar surface area (TPSA) is 62.5 Å². The van der Waals surface area contributed by atoms with Gasteiger partial charge in [-0.3, -0.25) is 4.79 Å². The zero-order valence-corrected chi connectivity index (χ0v) is 13.1. The van der Waals surface area contributed by atoms with Crippen LogP contribution in [0.15, 0.2) is 28.7 Å². The van der Waals surface area contributed by atoms with Gasteiger partial charge in [0.2, 0.25) is 0 Å². The van der Waals surface area contributed by atoms with Gasteiger partial charge in [-0.2, -0.15) is 0 Å². The van der Waals surface area contributed by atoms with Crippen LogP contribution in [0.3, 0.4) is 0 Å². The summed E-state index contributed by atoms with van der Waals surface area (Å²) in [6, 6.07) is 7.57. The van der Waals surface area contributed by atoms with Gasteiger partial charge in [-0.25, -0.2) is 0 Å². The fraction of sp³-hybridized carbons (Fsp3) is 0.471. The summed E-state index contributed by atoms with van der Waals surface area (Å²) in [5.74, 6) is 0.137. The van der Waals surface area contributed by atoms with Crippen LogP contribution in [0, 0.1) is 12.8 Å². The minimum absolute atomic E-state index is 0.106. The standard InChI is InChI=1S/C17H23NO3/c1-5-11(2)17(4,20)10-18-16(19)15-12(3)13-8-6-7-9-14(13)21-15/h6-9,11,20H,5,10H2,1-4H3,(H,18,19). The largest absolute Gasteiger partial charge is 0.451 e. The molecule has 0 aliphatic carbocycles. The number of rotatable bonds is 5. The highest BCUT2D eigenvalue weighted by atomic mass is 16.3. The van der Waals surface area contributed by atoms with E-state index in [1.807, 2.05) is 45.0 Å². The zero-order chi connectivity index (χ0) is 15.6. The van der Waals surface area contributed by atoms with Gasteiger partial charge in [-0.15, -0.1) is 0 Å². The van der Waals surface area contributed by atoms with Crippen molar-refractivity contribution in [2.45, 2.75) is 39.7 Å². The monoisotopic (exact) mass is 289 g/mol. The Morgan fingerprint density at radius 3 is 2.71 bits per heavy atom. The van der Waals surface area contributed by atoms with Crippen LogP contribution in [-0.2, 0) is 0 Å². The average Bonchev–Trinajstić information content (AvgIpc) is 2.81. The Balaban J connectivity index is 2.14. The second-order valence-electron chi connectivity index (χ2n) is 5.90. The van der Waals surface area contributed by atoms with Gasteiger partial charge < -0.3 is 14.8 Å². The molecule has 2 unspecified atom stereocenters. The number of hydrogen-bond acceptors (Lipinski definition) is 3. The summed E-state index contributed by atoms with van der Waals surface area (Å²) in [6.07, 6.45) is 0.854. The van der Waals surface area contributed by atoms with Crippen molar-refractivity contribution in [3.05, 3.63) is 35.6 Å². The van der Waals surface area contributed by atoms with Crippen LogP contribution in [0.2, 0.25) is 0 Å². The van der Waals surface area contributed by atoms with Crippen molar-refractivity contribution in [2.75, 3.05) is 6.54 Å². The third-order valence-corrected chi connectivity index (χ3v) is 4.33. The molecule has 4 heteroatoms. The smallest absolute Gasteiger partial charge is 0.287 e. The minimum atomic E-state index is -0.926. The molecule has 2 aromatic rings. The Hall–Kier alpha value is -1.81. The highest BCUT2D eigenvalue weighted by molar-refractivity contribution is 5.98. The van der Waals surface area contributed by atoms with Gasteiger partial charge in [0.1, 0.15) is 5.58 Å². The molecule has 0 aliphatic rings. The molecule has 0 saturated heterocycles. The van der Waals surface area contributed by atoms with Gasteiger partial charge in [0.15, 0.2) is 5.76 Å². The molecule has 2 rings (SSSR count). The molecule has 0 aliphatic heterocycles. The summed E-state index contributed by atoms with van der Waals surface area (Å²) < 4.78 is 5.62. The van der Waals surface area contributed by atoms with Gasteiger partial charge in [-0.1, -0.05) is 38.5 Å². The highest BCUT2D eigenvalue weighted by Crippen LogP contribution is 2.25. The first kappa shape index (κ1) is 15.6. The maximum absolute atomic E-state index is 12.3. The lowest BCUT2D eigenvalue weighted by Gasteiger charge is -2.29. The van der Waals surface area contributed by atoms with Crippen LogP contribution in [-0.4, -0.2) is 23.2 Å². The van der Waals surface area contributed by atoms with E-state index in [0.717, 1.165) is 17.4 Å². The van der Waals surface area contributed by atoms with E-state index in [-0.39, 0.29) is 18.4 Å². The molecule has 1 aromatic carbocycles. The molecule has 2 atom stereocenters. The summed E-state index contributed by atoms with van der Waals surface area (Å²) in [6.45, 7) is 7.81. The van der Waals surface area contributed by atoms with E-state index >= 15 is 0 Å².